The molecule has 16 heavy (non-hydrogen) atoms. The molecule has 2 aliphatic rings. The van der Waals surface area contributed by atoms with E-state index in [1.165, 1.54) is 12.2 Å². The third kappa shape index (κ3) is 2.57. The maximum Gasteiger partial charge on any atom is 0.150 e. The van der Waals surface area contributed by atoms with E-state index in [0.29, 0.717) is 22.8 Å². The van der Waals surface area contributed by atoms with Crippen LogP contribution in [0.1, 0.15) is 19.8 Å². The van der Waals surface area contributed by atoms with Gasteiger partial charge in [-0.3, -0.25) is 0 Å². The van der Waals surface area contributed by atoms with E-state index >= 15 is 0 Å². The molecule has 1 N–H and O–H groups in total. The van der Waals surface area contributed by atoms with Crippen LogP contribution in [0.5, 0.6) is 0 Å². The Labute approximate surface area is 103 Å². The van der Waals surface area contributed by atoms with Gasteiger partial charge in [0.25, 0.3) is 0 Å². The molecule has 0 aromatic carbocycles. The van der Waals surface area contributed by atoms with Gasteiger partial charge in [-0.1, -0.05) is 6.92 Å². The van der Waals surface area contributed by atoms with Crippen LogP contribution in [0, 0.1) is 11.3 Å². The normalized spacial score (nSPS) is 31.2. The Bertz CT molecular complexity index is 336. The first-order valence-corrected chi connectivity index (χ1v) is 9.04. The Kier molecular flexibility index (Phi) is 3.86. The Morgan fingerprint density at radius 1 is 1.44 bits per heavy atom. The maximum absolute atomic E-state index is 11.5. The highest BCUT2D eigenvalue weighted by Crippen LogP contribution is 2.42. The van der Waals surface area contributed by atoms with Gasteiger partial charge >= 0.3 is 0 Å². The first kappa shape index (κ1) is 12.7. The second-order valence-corrected chi connectivity index (χ2v) is 8.64. The van der Waals surface area contributed by atoms with Crippen LogP contribution in [-0.4, -0.2) is 44.5 Å². The lowest BCUT2D eigenvalue weighted by atomic mass is 9.68. The van der Waals surface area contributed by atoms with Gasteiger partial charge in [0.15, 0.2) is 9.84 Å². The molecule has 0 saturated carbocycles. The SMILES string of the molecule is CCSCCC1(C2CCS(=O)(=O)C2)CNC1. The fourth-order valence-corrected chi connectivity index (χ4v) is 5.60. The van der Waals surface area contributed by atoms with Crippen LogP contribution in [0.2, 0.25) is 0 Å². The first-order chi connectivity index (χ1) is 7.58. The average molecular weight is 263 g/mol. The summed E-state index contributed by atoms with van der Waals surface area (Å²) in [6.45, 7) is 4.23. The summed E-state index contributed by atoms with van der Waals surface area (Å²) in [6.07, 6.45) is 2.07. The van der Waals surface area contributed by atoms with Gasteiger partial charge in [-0.25, -0.2) is 8.42 Å². The van der Waals surface area contributed by atoms with Crippen molar-refractivity contribution in [3.8, 4) is 0 Å². The van der Waals surface area contributed by atoms with E-state index in [-0.39, 0.29) is 0 Å². The van der Waals surface area contributed by atoms with Gasteiger partial charge in [-0.05, 0) is 35.7 Å². The molecule has 0 amide bonds. The van der Waals surface area contributed by atoms with E-state index in [4.69, 9.17) is 0 Å². The van der Waals surface area contributed by atoms with Crippen molar-refractivity contribution in [3.63, 3.8) is 0 Å². The van der Waals surface area contributed by atoms with E-state index in [0.717, 1.165) is 25.3 Å². The summed E-state index contributed by atoms with van der Waals surface area (Å²) in [7, 11) is -2.72. The zero-order valence-corrected chi connectivity index (χ0v) is 11.5. The highest BCUT2D eigenvalue weighted by atomic mass is 32.2. The van der Waals surface area contributed by atoms with Crippen LogP contribution in [0.15, 0.2) is 0 Å². The molecule has 0 aliphatic carbocycles. The molecule has 2 aliphatic heterocycles. The van der Waals surface area contributed by atoms with Gasteiger partial charge in [0, 0.05) is 13.1 Å². The molecule has 0 spiro atoms. The minimum atomic E-state index is -2.72. The molecule has 0 bridgehead atoms. The van der Waals surface area contributed by atoms with Crippen molar-refractivity contribution in [2.75, 3.05) is 36.1 Å². The predicted molar refractivity (Wildman–Crippen MR) is 69.7 cm³/mol. The highest BCUT2D eigenvalue weighted by molar-refractivity contribution is 7.99. The molecule has 2 saturated heterocycles. The van der Waals surface area contributed by atoms with Crippen molar-refractivity contribution < 1.29 is 8.42 Å². The molecular weight excluding hydrogens is 242 g/mol. The van der Waals surface area contributed by atoms with E-state index in [9.17, 15) is 8.42 Å². The van der Waals surface area contributed by atoms with Crippen LogP contribution >= 0.6 is 11.8 Å². The fraction of sp³-hybridized carbons (Fsp3) is 1.00. The Balaban J connectivity index is 1.94. The second kappa shape index (κ2) is 4.86. The van der Waals surface area contributed by atoms with E-state index in [1.54, 1.807) is 0 Å². The number of hydrogen-bond donors (Lipinski definition) is 1. The molecular formula is C11H21NO2S2. The average Bonchev–Trinajstić information content (AvgIpc) is 2.51. The molecule has 0 aromatic heterocycles. The second-order valence-electron chi connectivity index (χ2n) is 5.01. The van der Waals surface area contributed by atoms with Gasteiger partial charge in [-0.15, -0.1) is 0 Å². The lowest BCUT2D eigenvalue weighted by molar-refractivity contribution is 0.0887. The van der Waals surface area contributed by atoms with Gasteiger partial charge in [0.1, 0.15) is 0 Å². The van der Waals surface area contributed by atoms with E-state index < -0.39 is 9.84 Å². The summed E-state index contributed by atoms with van der Waals surface area (Å²) in [5.41, 5.74) is 0.297. The Morgan fingerprint density at radius 3 is 2.62 bits per heavy atom. The van der Waals surface area contributed by atoms with Crippen LogP contribution in [-0.2, 0) is 9.84 Å². The summed E-state index contributed by atoms with van der Waals surface area (Å²) in [5, 5.41) is 3.33. The molecule has 1 unspecified atom stereocenters. The van der Waals surface area contributed by atoms with Gasteiger partial charge in [-0.2, -0.15) is 11.8 Å². The van der Waals surface area contributed by atoms with Crippen molar-refractivity contribution in [2.24, 2.45) is 11.3 Å². The number of rotatable bonds is 5. The standard InChI is InChI=1S/C11H21NO2S2/c1-2-15-5-4-11(8-12-9-11)10-3-6-16(13,14)7-10/h10,12H,2-9H2,1H3. The van der Waals surface area contributed by atoms with Crippen LogP contribution in [0.3, 0.4) is 0 Å². The molecule has 1 atom stereocenters. The smallest absolute Gasteiger partial charge is 0.150 e. The van der Waals surface area contributed by atoms with Gasteiger partial charge < -0.3 is 5.32 Å². The van der Waals surface area contributed by atoms with Crippen LogP contribution in [0.4, 0.5) is 0 Å². The number of nitrogens with one attached hydrogen (secondary N) is 1. The monoisotopic (exact) mass is 263 g/mol. The minimum Gasteiger partial charge on any atom is -0.316 e. The zero-order chi connectivity index (χ0) is 11.6. The maximum atomic E-state index is 11.5. The van der Waals surface area contributed by atoms with Crippen molar-refractivity contribution >= 4 is 21.6 Å². The molecule has 94 valence electrons. The topological polar surface area (TPSA) is 46.2 Å². The predicted octanol–water partition coefficient (Wildman–Crippen LogP) is 1.15. The van der Waals surface area contributed by atoms with Gasteiger partial charge in [0.05, 0.1) is 11.5 Å². The molecule has 5 heteroatoms. The fourth-order valence-electron chi connectivity index (χ4n) is 2.81. The molecule has 3 nitrogen and oxygen atoms in total. The van der Waals surface area contributed by atoms with E-state index in [2.05, 4.69) is 12.2 Å². The summed E-state index contributed by atoms with van der Waals surface area (Å²) in [4.78, 5) is 0. The number of sulfone groups is 1. The third-order valence-electron chi connectivity index (χ3n) is 4.00. The summed E-state index contributed by atoms with van der Waals surface area (Å²) in [5.74, 6) is 3.60. The van der Waals surface area contributed by atoms with E-state index in [1.807, 2.05) is 11.8 Å². The lowest BCUT2D eigenvalue weighted by Crippen LogP contribution is -2.58. The molecule has 2 rings (SSSR count). The lowest BCUT2D eigenvalue weighted by Gasteiger charge is -2.47. The molecule has 2 heterocycles. The number of hydrogen-bond acceptors (Lipinski definition) is 4. The Hall–Kier alpha value is 0.260. The van der Waals surface area contributed by atoms with Crippen molar-refractivity contribution in [1.82, 2.24) is 5.32 Å². The van der Waals surface area contributed by atoms with Crippen molar-refractivity contribution in [3.05, 3.63) is 0 Å². The van der Waals surface area contributed by atoms with Gasteiger partial charge in [0.2, 0.25) is 0 Å². The number of thioether (sulfide) groups is 1. The first-order valence-electron chi connectivity index (χ1n) is 6.07. The minimum absolute atomic E-state index is 0.297. The van der Waals surface area contributed by atoms with Crippen molar-refractivity contribution in [1.29, 1.82) is 0 Å². The summed E-state index contributed by atoms with van der Waals surface area (Å²) in [6, 6.07) is 0. The Morgan fingerprint density at radius 2 is 2.19 bits per heavy atom. The summed E-state index contributed by atoms with van der Waals surface area (Å²) < 4.78 is 23.1. The zero-order valence-electron chi connectivity index (χ0n) is 9.87. The highest BCUT2D eigenvalue weighted by Gasteiger charge is 2.47. The molecule has 0 radical (unpaired) electrons. The molecule has 0 aromatic rings. The molecule has 2 fully saturated rings. The van der Waals surface area contributed by atoms with Crippen LogP contribution in [0.25, 0.3) is 0 Å². The van der Waals surface area contributed by atoms with Crippen molar-refractivity contribution in [2.45, 2.75) is 19.8 Å². The summed E-state index contributed by atoms with van der Waals surface area (Å²) >= 11 is 1.97. The quantitative estimate of drug-likeness (QED) is 0.756. The third-order valence-corrected chi connectivity index (χ3v) is 6.67. The largest absolute Gasteiger partial charge is 0.316 e. The van der Waals surface area contributed by atoms with Crippen LogP contribution < -0.4 is 5.32 Å².